The van der Waals surface area contributed by atoms with Gasteiger partial charge in [0.05, 0.1) is 63.0 Å². The molecule has 3 rings (SSSR count). The monoisotopic (exact) mass is 388 g/mol. The fraction of sp³-hybridized carbons (Fsp3) is 0.167. The van der Waals surface area contributed by atoms with Gasteiger partial charge in [-0.15, -0.1) is 0 Å². The van der Waals surface area contributed by atoms with Gasteiger partial charge >= 0.3 is 0 Å². The second-order valence-corrected chi connectivity index (χ2v) is 6.43. The molecule has 0 atom stereocenters. The summed E-state index contributed by atoms with van der Waals surface area (Å²) in [5.74, 6) is 0. The summed E-state index contributed by atoms with van der Waals surface area (Å²) in [6.45, 7) is 1.97. The van der Waals surface area contributed by atoms with Crippen LogP contribution >= 0.6 is 23.2 Å². The number of aliphatic hydroxyl groups excluding tert-OH is 1. The summed E-state index contributed by atoms with van der Waals surface area (Å²) < 4.78 is 1.74. The molecular formula is C18H14Cl2N4O2. The molecule has 2 aromatic heterocycles. The van der Waals surface area contributed by atoms with Crippen LogP contribution in [0.25, 0.3) is 16.6 Å². The second kappa shape index (κ2) is 7.34. The second-order valence-electron chi connectivity index (χ2n) is 5.62. The molecule has 0 fully saturated rings. The van der Waals surface area contributed by atoms with Crippen LogP contribution in [0.4, 0.5) is 5.69 Å². The van der Waals surface area contributed by atoms with Crippen LogP contribution < -0.4 is 10.7 Å². The van der Waals surface area contributed by atoms with Gasteiger partial charge in [-0.05, 0) is 19.1 Å². The summed E-state index contributed by atoms with van der Waals surface area (Å²) in [4.78, 5) is 16.8. The Morgan fingerprint density at radius 1 is 1.27 bits per heavy atom. The molecule has 0 saturated heterocycles. The van der Waals surface area contributed by atoms with E-state index in [4.69, 9.17) is 33.6 Å². The number of hydrogen-bond donors (Lipinski definition) is 2. The van der Waals surface area contributed by atoms with Crippen LogP contribution in [0.15, 0.2) is 35.4 Å². The molecule has 1 aromatic carbocycles. The molecule has 2 N–H and O–H groups in total. The van der Waals surface area contributed by atoms with Crippen molar-refractivity contribution in [2.45, 2.75) is 6.92 Å². The number of rotatable bonds is 4. The molecule has 3 aromatic rings. The van der Waals surface area contributed by atoms with Crippen molar-refractivity contribution in [2.24, 2.45) is 0 Å². The number of benzene rings is 1. The van der Waals surface area contributed by atoms with Gasteiger partial charge in [-0.25, -0.2) is 0 Å². The van der Waals surface area contributed by atoms with Gasteiger partial charge in [0.2, 0.25) is 0 Å². The van der Waals surface area contributed by atoms with Crippen LogP contribution in [-0.2, 0) is 0 Å². The van der Waals surface area contributed by atoms with Crippen LogP contribution in [0.1, 0.15) is 11.3 Å². The van der Waals surface area contributed by atoms with E-state index >= 15 is 0 Å². The summed E-state index contributed by atoms with van der Waals surface area (Å²) in [7, 11) is 0. The maximum atomic E-state index is 12.6. The Bertz CT molecular complexity index is 1080. The quantitative estimate of drug-likeness (QED) is 0.715. The highest BCUT2D eigenvalue weighted by molar-refractivity contribution is 6.38. The van der Waals surface area contributed by atoms with Crippen LogP contribution in [-0.4, -0.2) is 27.8 Å². The number of aliphatic hydroxyl groups is 1. The average Bonchev–Trinajstić information content (AvgIpc) is 2.61. The number of fused-ring (bicyclic) bond motifs is 1. The van der Waals surface area contributed by atoms with Gasteiger partial charge in [-0.3, -0.25) is 9.78 Å². The SMILES string of the molecule is Cc1cc(=O)c2c(NCCO)cncc2n1-c1c(Cl)cc(C#N)cc1Cl. The highest BCUT2D eigenvalue weighted by Crippen LogP contribution is 2.33. The standard InChI is InChI=1S/C18H14Cl2N4O2/c1-10-4-16(26)17-14(23-2-3-25)8-22-9-15(17)24(10)18-12(19)5-11(7-21)6-13(18)20/h4-6,8-9,23,25H,2-3H2,1H3. The Hall–Kier alpha value is -2.59. The van der Waals surface area contributed by atoms with E-state index in [0.29, 0.717) is 33.5 Å². The van der Waals surface area contributed by atoms with Gasteiger partial charge in [0.25, 0.3) is 0 Å². The minimum atomic E-state index is -0.183. The van der Waals surface area contributed by atoms with E-state index < -0.39 is 0 Å². The Morgan fingerprint density at radius 2 is 1.96 bits per heavy atom. The Morgan fingerprint density at radius 3 is 2.58 bits per heavy atom. The number of nitrogens with one attached hydrogen (secondary N) is 1. The lowest BCUT2D eigenvalue weighted by Crippen LogP contribution is -2.15. The smallest absolute Gasteiger partial charge is 0.191 e. The molecule has 6 nitrogen and oxygen atoms in total. The third-order valence-corrected chi connectivity index (χ3v) is 4.48. The van der Waals surface area contributed by atoms with Crippen molar-refractivity contribution in [1.29, 1.82) is 5.26 Å². The number of aryl methyl sites for hydroxylation is 1. The van der Waals surface area contributed by atoms with Crippen LogP contribution in [0.5, 0.6) is 0 Å². The first-order valence-corrected chi connectivity index (χ1v) is 8.48. The van der Waals surface area contributed by atoms with Gasteiger partial charge in [0.15, 0.2) is 5.43 Å². The Labute approximate surface area is 159 Å². The molecule has 8 heteroatoms. The predicted molar refractivity (Wildman–Crippen MR) is 102 cm³/mol. The van der Waals surface area contributed by atoms with E-state index in [2.05, 4.69) is 10.3 Å². The first-order chi connectivity index (χ1) is 12.5. The van der Waals surface area contributed by atoms with Crippen molar-refractivity contribution in [2.75, 3.05) is 18.5 Å². The van der Waals surface area contributed by atoms with Gasteiger partial charge in [-0.2, -0.15) is 5.26 Å². The minimum Gasteiger partial charge on any atom is -0.395 e. The summed E-state index contributed by atoms with van der Waals surface area (Å²) in [6.07, 6.45) is 3.08. The zero-order valence-corrected chi connectivity index (χ0v) is 15.3. The van der Waals surface area contributed by atoms with E-state index in [1.54, 1.807) is 17.7 Å². The normalized spacial score (nSPS) is 10.7. The molecule has 0 aliphatic carbocycles. The summed E-state index contributed by atoms with van der Waals surface area (Å²) in [6, 6.07) is 6.53. The molecule has 2 heterocycles. The minimum absolute atomic E-state index is 0.0796. The van der Waals surface area contributed by atoms with E-state index in [1.165, 1.54) is 24.4 Å². The van der Waals surface area contributed by atoms with Gasteiger partial charge < -0.3 is 15.0 Å². The van der Waals surface area contributed by atoms with Crippen LogP contribution in [0.3, 0.4) is 0 Å². The van der Waals surface area contributed by atoms with Crippen molar-refractivity contribution in [3.63, 3.8) is 0 Å². The molecule has 0 aliphatic rings. The maximum Gasteiger partial charge on any atom is 0.191 e. The lowest BCUT2D eigenvalue weighted by molar-refractivity contribution is 0.311. The van der Waals surface area contributed by atoms with E-state index in [9.17, 15) is 4.79 Å². The zero-order valence-electron chi connectivity index (χ0n) is 13.8. The molecule has 0 spiro atoms. The third kappa shape index (κ3) is 3.13. The van der Waals surface area contributed by atoms with Gasteiger partial charge in [0.1, 0.15) is 0 Å². The van der Waals surface area contributed by atoms with Crippen molar-refractivity contribution < 1.29 is 5.11 Å². The third-order valence-electron chi connectivity index (χ3n) is 3.90. The van der Waals surface area contributed by atoms with Gasteiger partial charge in [-0.1, -0.05) is 23.2 Å². The average molecular weight is 389 g/mol. The molecule has 0 amide bonds. The number of pyridine rings is 2. The van der Waals surface area contributed by atoms with E-state index in [1.807, 2.05) is 6.07 Å². The highest BCUT2D eigenvalue weighted by Gasteiger charge is 2.17. The Balaban J connectivity index is 2.39. The molecule has 0 unspecified atom stereocenters. The molecule has 0 saturated carbocycles. The van der Waals surface area contributed by atoms with E-state index in [-0.39, 0.29) is 28.6 Å². The summed E-state index contributed by atoms with van der Waals surface area (Å²) in [5, 5.41) is 22.1. The molecule has 0 radical (unpaired) electrons. The number of nitrogens with zero attached hydrogens (tertiary/aromatic N) is 3. The van der Waals surface area contributed by atoms with Crippen LogP contribution in [0.2, 0.25) is 10.0 Å². The first-order valence-electron chi connectivity index (χ1n) is 7.72. The summed E-state index contributed by atoms with van der Waals surface area (Å²) >= 11 is 12.8. The lowest BCUT2D eigenvalue weighted by Gasteiger charge is -2.18. The zero-order chi connectivity index (χ0) is 18.8. The van der Waals surface area contributed by atoms with Crippen molar-refractivity contribution in [1.82, 2.24) is 9.55 Å². The van der Waals surface area contributed by atoms with Crippen molar-refractivity contribution in [3.05, 3.63) is 62.1 Å². The topological polar surface area (TPSA) is 90.9 Å². The van der Waals surface area contributed by atoms with Crippen molar-refractivity contribution >= 4 is 39.8 Å². The largest absolute Gasteiger partial charge is 0.395 e. The molecule has 132 valence electrons. The molecule has 0 bridgehead atoms. The molecular weight excluding hydrogens is 375 g/mol. The number of aromatic nitrogens is 2. The molecule has 26 heavy (non-hydrogen) atoms. The fourth-order valence-electron chi connectivity index (χ4n) is 2.86. The first kappa shape index (κ1) is 18.2. The highest BCUT2D eigenvalue weighted by atomic mass is 35.5. The number of halogens is 2. The van der Waals surface area contributed by atoms with Gasteiger partial charge in [0, 0.05) is 18.3 Å². The predicted octanol–water partition coefficient (Wildman–Crippen LogP) is 3.28. The maximum absolute atomic E-state index is 12.6. The van der Waals surface area contributed by atoms with Crippen molar-refractivity contribution in [3.8, 4) is 11.8 Å². The Kier molecular flexibility index (Phi) is 5.14. The molecule has 0 aliphatic heterocycles. The lowest BCUT2D eigenvalue weighted by atomic mass is 10.1. The van der Waals surface area contributed by atoms with Crippen LogP contribution in [0, 0.1) is 18.3 Å². The number of hydrogen-bond acceptors (Lipinski definition) is 5. The fourth-order valence-corrected chi connectivity index (χ4v) is 3.52. The summed E-state index contributed by atoms with van der Waals surface area (Å²) in [5.41, 5.74) is 2.28. The van der Waals surface area contributed by atoms with E-state index in [0.717, 1.165) is 0 Å². The number of anilines is 1. The number of nitriles is 1.